The van der Waals surface area contributed by atoms with Gasteiger partial charge >= 0.3 is 5.97 Å². The summed E-state index contributed by atoms with van der Waals surface area (Å²) < 4.78 is 23.5. The van der Waals surface area contributed by atoms with Gasteiger partial charge in [0.25, 0.3) is 0 Å². The summed E-state index contributed by atoms with van der Waals surface area (Å²) in [5.41, 5.74) is 0.638. The van der Waals surface area contributed by atoms with E-state index in [2.05, 4.69) is 5.32 Å². The first kappa shape index (κ1) is 15.0. The largest absolute Gasteiger partial charge is 0.480 e. The molecule has 1 aromatic carbocycles. The van der Waals surface area contributed by atoms with Crippen LogP contribution in [-0.4, -0.2) is 37.0 Å². The number of carboxylic acid groups (broad SMARTS) is 1. The molecule has 0 spiro atoms. The van der Waals surface area contributed by atoms with Crippen LogP contribution in [0.25, 0.3) is 0 Å². The maximum absolute atomic E-state index is 11.7. The fourth-order valence-corrected chi connectivity index (χ4v) is 4.21. The summed E-state index contributed by atoms with van der Waals surface area (Å²) in [7, 11) is -3.16. The molecule has 0 saturated heterocycles. The van der Waals surface area contributed by atoms with E-state index >= 15 is 0 Å². The molecule has 1 aliphatic rings. The van der Waals surface area contributed by atoms with E-state index in [4.69, 9.17) is 0 Å². The molecule has 1 aromatic rings. The molecule has 2 N–H and O–H groups in total. The Kier molecular flexibility index (Phi) is 4.45. The average molecular weight is 297 g/mol. The lowest BCUT2D eigenvalue weighted by Gasteiger charge is -2.24. The first-order valence-electron chi connectivity index (χ1n) is 6.62. The number of hydrogen-bond donors (Lipinski definition) is 2. The van der Waals surface area contributed by atoms with Crippen molar-refractivity contribution in [2.24, 2.45) is 0 Å². The summed E-state index contributed by atoms with van der Waals surface area (Å²) in [6.45, 7) is 0. The monoisotopic (exact) mass is 297 g/mol. The van der Waals surface area contributed by atoms with Gasteiger partial charge in [-0.3, -0.25) is 10.1 Å². The molecule has 6 heteroatoms. The number of hydrogen-bond acceptors (Lipinski definition) is 4. The van der Waals surface area contributed by atoms with Crippen LogP contribution in [0.4, 0.5) is 0 Å². The van der Waals surface area contributed by atoms with Gasteiger partial charge in [-0.25, -0.2) is 8.42 Å². The molecule has 0 aromatic heterocycles. The fraction of sp³-hybridized carbons (Fsp3) is 0.500. The Balaban J connectivity index is 2.19. The number of carbonyl (C=O) groups is 1. The number of rotatable bonds is 5. The number of aliphatic carboxylic acids is 1. The van der Waals surface area contributed by atoms with Crippen LogP contribution in [0.1, 0.15) is 30.9 Å². The predicted octanol–water partition coefficient (Wildman–Crippen LogP) is 1.37. The molecule has 0 bridgehead atoms. The normalized spacial score (nSPS) is 24.4. The van der Waals surface area contributed by atoms with Gasteiger partial charge in [-0.2, -0.15) is 0 Å². The van der Waals surface area contributed by atoms with Gasteiger partial charge in [0.1, 0.15) is 6.04 Å². The molecule has 3 atom stereocenters. The minimum Gasteiger partial charge on any atom is -0.480 e. The van der Waals surface area contributed by atoms with Gasteiger partial charge in [-0.05, 0) is 18.4 Å². The second kappa shape index (κ2) is 5.93. The van der Waals surface area contributed by atoms with Gasteiger partial charge in [-0.1, -0.05) is 36.8 Å². The smallest absolute Gasteiger partial charge is 0.325 e. The lowest BCUT2D eigenvalue weighted by molar-refractivity contribution is -0.139. The number of carboxylic acids is 1. The van der Waals surface area contributed by atoms with Crippen LogP contribution in [0.5, 0.6) is 0 Å². The highest BCUT2D eigenvalue weighted by molar-refractivity contribution is 7.91. The molecule has 3 unspecified atom stereocenters. The summed E-state index contributed by atoms with van der Waals surface area (Å²) in [5, 5.41) is 11.9. The summed E-state index contributed by atoms with van der Waals surface area (Å²) in [5.74, 6) is -0.990. The second-order valence-corrected chi connectivity index (χ2v) is 7.52. The zero-order chi connectivity index (χ0) is 14.8. The molecule has 1 saturated carbocycles. The van der Waals surface area contributed by atoms with Crippen LogP contribution < -0.4 is 5.32 Å². The van der Waals surface area contributed by atoms with E-state index < -0.39 is 27.1 Å². The molecule has 20 heavy (non-hydrogen) atoms. The molecular formula is C14H19NO4S. The van der Waals surface area contributed by atoms with Crippen molar-refractivity contribution in [1.82, 2.24) is 5.32 Å². The van der Waals surface area contributed by atoms with Gasteiger partial charge in [0.15, 0.2) is 9.84 Å². The third kappa shape index (κ3) is 3.37. The zero-order valence-corrected chi connectivity index (χ0v) is 12.1. The first-order valence-corrected chi connectivity index (χ1v) is 8.57. The molecule has 1 fully saturated rings. The summed E-state index contributed by atoms with van der Waals surface area (Å²) in [6.07, 6.45) is 3.30. The third-order valence-electron chi connectivity index (χ3n) is 3.76. The van der Waals surface area contributed by atoms with Crippen molar-refractivity contribution in [3.8, 4) is 0 Å². The number of nitrogens with one attached hydrogen (secondary N) is 1. The van der Waals surface area contributed by atoms with Gasteiger partial charge in [-0.15, -0.1) is 0 Å². The highest BCUT2D eigenvalue weighted by atomic mass is 32.2. The minimum atomic E-state index is -3.16. The Hall–Kier alpha value is -1.40. The molecule has 0 heterocycles. The predicted molar refractivity (Wildman–Crippen MR) is 76.2 cm³/mol. The average Bonchev–Trinajstić information content (AvgIpc) is 2.84. The quantitative estimate of drug-likeness (QED) is 0.857. The van der Waals surface area contributed by atoms with Gasteiger partial charge in [0.2, 0.25) is 0 Å². The molecule has 0 amide bonds. The highest BCUT2D eigenvalue weighted by Crippen LogP contribution is 2.27. The van der Waals surface area contributed by atoms with E-state index in [0.717, 1.165) is 6.42 Å². The summed E-state index contributed by atoms with van der Waals surface area (Å²) in [6, 6.07) is 7.66. The zero-order valence-electron chi connectivity index (χ0n) is 11.3. The second-order valence-electron chi connectivity index (χ2n) is 5.25. The lowest BCUT2D eigenvalue weighted by atomic mass is 10.1. The maximum Gasteiger partial charge on any atom is 0.325 e. The Morgan fingerprint density at radius 2 is 1.95 bits per heavy atom. The SMILES string of the molecule is CS(=O)(=O)C1CCCC1NC(C(=O)O)c1ccccc1. The summed E-state index contributed by atoms with van der Waals surface area (Å²) >= 11 is 0. The van der Waals surface area contributed by atoms with Crippen LogP contribution in [0.2, 0.25) is 0 Å². The standard InChI is InChI=1S/C14H19NO4S/c1-20(18,19)12-9-5-8-11(12)15-13(14(16)17)10-6-3-2-4-7-10/h2-4,6-7,11-13,15H,5,8-9H2,1H3,(H,16,17). The molecular weight excluding hydrogens is 278 g/mol. The minimum absolute atomic E-state index is 0.300. The van der Waals surface area contributed by atoms with E-state index in [1.54, 1.807) is 24.3 Å². The molecule has 110 valence electrons. The Bertz CT molecular complexity index is 570. The van der Waals surface area contributed by atoms with E-state index in [-0.39, 0.29) is 6.04 Å². The van der Waals surface area contributed by atoms with Crippen molar-refractivity contribution in [3.05, 3.63) is 35.9 Å². The number of benzene rings is 1. The Morgan fingerprint density at radius 3 is 2.50 bits per heavy atom. The van der Waals surface area contributed by atoms with Crippen LogP contribution in [0.15, 0.2) is 30.3 Å². The van der Waals surface area contributed by atoms with Crippen molar-refractivity contribution < 1.29 is 18.3 Å². The fourth-order valence-electron chi connectivity index (χ4n) is 2.80. The van der Waals surface area contributed by atoms with Crippen molar-refractivity contribution in [3.63, 3.8) is 0 Å². The highest BCUT2D eigenvalue weighted by Gasteiger charge is 2.37. The van der Waals surface area contributed by atoms with E-state index in [0.29, 0.717) is 18.4 Å². The maximum atomic E-state index is 11.7. The molecule has 0 aliphatic heterocycles. The Labute approximate surface area is 118 Å². The molecule has 1 aliphatic carbocycles. The lowest BCUT2D eigenvalue weighted by Crippen LogP contribution is -2.44. The van der Waals surface area contributed by atoms with Crippen LogP contribution in [-0.2, 0) is 14.6 Å². The van der Waals surface area contributed by atoms with Gasteiger partial charge < -0.3 is 5.11 Å². The topological polar surface area (TPSA) is 83.5 Å². The van der Waals surface area contributed by atoms with Crippen molar-refractivity contribution in [2.45, 2.75) is 36.6 Å². The van der Waals surface area contributed by atoms with E-state index in [1.165, 1.54) is 6.26 Å². The third-order valence-corrected chi connectivity index (χ3v) is 5.43. The molecule has 0 radical (unpaired) electrons. The van der Waals surface area contributed by atoms with Crippen LogP contribution in [0, 0.1) is 0 Å². The van der Waals surface area contributed by atoms with Crippen molar-refractivity contribution >= 4 is 15.8 Å². The first-order chi connectivity index (χ1) is 9.39. The van der Waals surface area contributed by atoms with Crippen molar-refractivity contribution in [1.29, 1.82) is 0 Å². The Morgan fingerprint density at radius 1 is 1.30 bits per heavy atom. The van der Waals surface area contributed by atoms with Crippen molar-refractivity contribution in [2.75, 3.05) is 6.26 Å². The van der Waals surface area contributed by atoms with Gasteiger partial charge in [0, 0.05) is 12.3 Å². The van der Waals surface area contributed by atoms with E-state index in [1.807, 2.05) is 6.07 Å². The van der Waals surface area contributed by atoms with Crippen LogP contribution in [0.3, 0.4) is 0 Å². The van der Waals surface area contributed by atoms with Gasteiger partial charge in [0.05, 0.1) is 5.25 Å². The van der Waals surface area contributed by atoms with Crippen LogP contribution >= 0.6 is 0 Å². The molecule has 5 nitrogen and oxygen atoms in total. The number of sulfone groups is 1. The summed E-state index contributed by atoms with van der Waals surface area (Å²) in [4.78, 5) is 11.4. The molecule has 2 rings (SSSR count). The van der Waals surface area contributed by atoms with E-state index in [9.17, 15) is 18.3 Å².